The van der Waals surface area contributed by atoms with Crippen molar-refractivity contribution >= 4 is 34.6 Å². The number of carbonyl (C=O) groups is 2. The van der Waals surface area contributed by atoms with Crippen LogP contribution < -0.4 is 21.1 Å². The number of benzene rings is 2. The number of piperidine rings is 1. The molecule has 0 spiro atoms. The predicted molar refractivity (Wildman–Crippen MR) is 162 cm³/mol. The largest absolute Gasteiger partial charge is 0.478 e. The highest BCUT2D eigenvalue weighted by Crippen LogP contribution is 2.46. The number of aromatic carboxylic acids is 1. The molecular weight excluding hydrogens is 552 g/mol. The van der Waals surface area contributed by atoms with Gasteiger partial charge in [0.05, 0.1) is 35.7 Å². The number of fused-ring (bicyclic) bond motifs is 2. The van der Waals surface area contributed by atoms with E-state index in [1.54, 1.807) is 35.9 Å². The Morgan fingerprint density at radius 1 is 1.16 bits per heavy atom. The van der Waals surface area contributed by atoms with Gasteiger partial charge in [0, 0.05) is 68.9 Å². The van der Waals surface area contributed by atoms with Crippen LogP contribution in [0.1, 0.15) is 34.5 Å². The van der Waals surface area contributed by atoms with Gasteiger partial charge in [-0.15, -0.1) is 0 Å². The molecule has 3 aliphatic rings. The molecule has 3 heterocycles. The summed E-state index contributed by atoms with van der Waals surface area (Å²) < 4.78 is 12.4. The first-order valence-electron chi connectivity index (χ1n) is 14.8. The van der Waals surface area contributed by atoms with Crippen molar-refractivity contribution < 1.29 is 24.2 Å². The average Bonchev–Trinajstić information content (AvgIpc) is 3.40. The Kier molecular flexibility index (Phi) is 7.97. The highest BCUT2D eigenvalue weighted by molar-refractivity contribution is 5.94. The number of amides is 1. The van der Waals surface area contributed by atoms with Crippen molar-refractivity contribution in [1.82, 2.24) is 19.8 Å². The molecule has 228 valence electrons. The van der Waals surface area contributed by atoms with Gasteiger partial charge in [-0.05, 0) is 37.6 Å². The first-order chi connectivity index (χ1) is 20.7. The number of alkyl carbamates (subject to hydrolysis) is 1. The molecule has 3 aromatic rings. The summed E-state index contributed by atoms with van der Waals surface area (Å²) in [4.78, 5) is 47.1. The normalized spacial score (nSPS) is 22.2. The Bertz CT molecular complexity index is 1590. The quantitative estimate of drug-likeness (QED) is 0.341. The SMILES string of the molecule is Cc1cc(C(C)Nc2ccccc2C(=O)O)c2nc(N3C[C@@H]4C(NC(=O)OCCN5CCOCC5)[C@@H]4C3)n(C)c(=O)c2c1. The van der Waals surface area contributed by atoms with Crippen LogP contribution in [0.2, 0.25) is 0 Å². The lowest BCUT2D eigenvalue weighted by Gasteiger charge is -2.26. The third-order valence-corrected chi connectivity index (χ3v) is 8.83. The van der Waals surface area contributed by atoms with E-state index in [1.165, 1.54) is 0 Å². The van der Waals surface area contributed by atoms with Gasteiger partial charge in [-0.1, -0.05) is 18.2 Å². The smallest absolute Gasteiger partial charge is 0.407 e. The van der Waals surface area contributed by atoms with Crippen LogP contribution in [0, 0.1) is 18.8 Å². The lowest BCUT2D eigenvalue weighted by Crippen LogP contribution is -2.40. The minimum absolute atomic E-state index is 0.0568. The monoisotopic (exact) mass is 590 g/mol. The number of aromatic nitrogens is 2. The van der Waals surface area contributed by atoms with Crippen LogP contribution in [0.5, 0.6) is 0 Å². The third-order valence-electron chi connectivity index (χ3n) is 8.83. The fraction of sp³-hybridized carbons (Fsp3) is 0.484. The van der Waals surface area contributed by atoms with Crippen molar-refractivity contribution in [2.75, 3.05) is 62.8 Å². The number of carbonyl (C=O) groups excluding carboxylic acids is 1. The van der Waals surface area contributed by atoms with Gasteiger partial charge in [-0.3, -0.25) is 14.3 Å². The molecule has 0 radical (unpaired) electrons. The molecule has 43 heavy (non-hydrogen) atoms. The average molecular weight is 591 g/mol. The molecule has 2 saturated heterocycles. The molecule has 6 rings (SSSR count). The Morgan fingerprint density at radius 2 is 1.88 bits per heavy atom. The number of aryl methyl sites for hydroxylation is 1. The number of para-hydroxylation sites is 1. The zero-order valence-electron chi connectivity index (χ0n) is 24.7. The molecule has 12 heteroatoms. The van der Waals surface area contributed by atoms with Gasteiger partial charge in [-0.25, -0.2) is 14.6 Å². The number of hydrogen-bond donors (Lipinski definition) is 3. The summed E-state index contributed by atoms with van der Waals surface area (Å²) in [5.41, 5.74) is 2.87. The van der Waals surface area contributed by atoms with Gasteiger partial charge in [-0.2, -0.15) is 0 Å². The van der Waals surface area contributed by atoms with Crippen LogP contribution in [0.4, 0.5) is 16.4 Å². The van der Waals surface area contributed by atoms with Crippen molar-refractivity contribution in [1.29, 1.82) is 0 Å². The second kappa shape index (κ2) is 11.8. The summed E-state index contributed by atoms with van der Waals surface area (Å²) in [5, 5.41) is 16.5. The number of rotatable bonds is 9. The molecular formula is C31H38N6O6. The molecule has 1 saturated carbocycles. The predicted octanol–water partition coefficient (Wildman–Crippen LogP) is 2.61. The zero-order valence-corrected chi connectivity index (χ0v) is 24.7. The fourth-order valence-electron chi connectivity index (χ4n) is 6.43. The van der Waals surface area contributed by atoms with Crippen LogP contribution in [-0.4, -0.2) is 90.2 Å². The summed E-state index contributed by atoms with van der Waals surface area (Å²) >= 11 is 0. The van der Waals surface area contributed by atoms with E-state index in [2.05, 4.69) is 20.4 Å². The van der Waals surface area contributed by atoms with E-state index in [9.17, 15) is 19.5 Å². The van der Waals surface area contributed by atoms with Crippen molar-refractivity contribution in [2.45, 2.75) is 25.9 Å². The topological polar surface area (TPSA) is 138 Å². The molecule has 1 aliphatic carbocycles. The van der Waals surface area contributed by atoms with Gasteiger partial charge in [0.25, 0.3) is 5.56 Å². The van der Waals surface area contributed by atoms with Gasteiger partial charge in [0.1, 0.15) is 6.61 Å². The summed E-state index contributed by atoms with van der Waals surface area (Å²) in [6, 6.07) is 10.4. The van der Waals surface area contributed by atoms with Crippen LogP contribution in [0.15, 0.2) is 41.2 Å². The molecule has 3 N–H and O–H groups in total. The van der Waals surface area contributed by atoms with E-state index >= 15 is 0 Å². The molecule has 3 fully saturated rings. The molecule has 2 aliphatic heterocycles. The minimum Gasteiger partial charge on any atom is -0.478 e. The van der Waals surface area contributed by atoms with Crippen LogP contribution >= 0.6 is 0 Å². The van der Waals surface area contributed by atoms with E-state index in [0.29, 0.717) is 62.0 Å². The van der Waals surface area contributed by atoms with Gasteiger partial charge < -0.3 is 30.1 Å². The van der Waals surface area contributed by atoms with Crippen LogP contribution in [0.3, 0.4) is 0 Å². The molecule has 12 nitrogen and oxygen atoms in total. The Labute approximate surface area is 249 Å². The number of anilines is 2. The first-order valence-corrected chi connectivity index (χ1v) is 14.8. The number of nitrogens with one attached hydrogen (secondary N) is 2. The minimum atomic E-state index is -1.01. The number of hydrogen-bond acceptors (Lipinski definition) is 9. The van der Waals surface area contributed by atoms with E-state index < -0.39 is 5.97 Å². The molecule has 2 aromatic carbocycles. The maximum Gasteiger partial charge on any atom is 0.407 e. The standard InChI is InChI=1S/C31H38N6O6/c1-18-14-21(19(2)32-25-7-5-4-6-20(25)29(39)40)26-22(15-18)28(38)35(3)30(33-26)37-16-23-24(17-37)27(23)34-31(41)43-13-10-36-8-11-42-12-9-36/h4-7,14-15,19,23-24,27,32H,8-13,16-17H2,1-3H3,(H,34,41)(H,39,40)/t19?,23-,24+,27?. The second-order valence-electron chi connectivity index (χ2n) is 11.7. The lowest BCUT2D eigenvalue weighted by atomic mass is 10.0. The van der Waals surface area contributed by atoms with E-state index in [-0.39, 0.29) is 41.1 Å². The number of nitrogens with zero attached hydrogens (tertiary/aromatic N) is 4. The van der Waals surface area contributed by atoms with Crippen molar-refractivity contribution in [3.8, 4) is 0 Å². The molecule has 1 amide bonds. The highest BCUT2D eigenvalue weighted by Gasteiger charge is 2.57. The molecule has 0 bridgehead atoms. The fourth-order valence-corrected chi connectivity index (χ4v) is 6.43. The summed E-state index contributed by atoms with van der Waals surface area (Å²) in [6.07, 6.45) is -0.388. The molecule has 2 unspecified atom stereocenters. The lowest BCUT2D eigenvalue weighted by molar-refractivity contribution is 0.0280. The van der Waals surface area contributed by atoms with Gasteiger partial charge in [0.15, 0.2) is 0 Å². The van der Waals surface area contributed by atoms with Crippen LogP contribution in [0.25, 0.3) is 10.9 Å². The maximum absolute atomic E-state index is 13.6. The van der Waals surface area contributed by atoms with Crippen molar-refractivity contribution in [3.63, 3.8) is 0 Å². The van der Waals surface area contributed by atoms with E-state index in [0.717, 1.165) is 24.2 Å². The number of ether oxygens (including phenoxy) is 2. The molecule has 1 aromatic heterocycles. The second-order valence-corrected chi connectivity index (χ2v) is 11.7. The Balaban J connectivity index is 1.15. The van der Waals surface area contributed by atoms with Gasteiger partial charge in [0.2, 0.25) is 5.95 Å². The summed E-state index contributed by atoms with van der Waals surface area (Å²) in [6.45, 7) is 9.41. The van der Waals surface area contributed by atoms with E-state index in [1.807, 2.05) is 26.0 Å². The van der Waals surface area contributed by atoms with Gasteiger partial charge >= 0.3 is 12.1 Å². The summed E-state index contributed by atoms with van der Waals surface area (Å²) in [5.74, 6) is 0.107. The number of morpholine rings is 1. The number of carboxylic acid groups (broad SMARTS) is 1. The number of carboxylic acids is 1. The van der Waals surface area contributed by atoms with Crippen molar-refractivity contribution in [2.24, 2.45) is 18.9 Å². The zero-order chi connectivity index (χ0) is 30.2. The summed E-state index contributed by atoms with van der Waals surface area (Å²) in [7, 11) is 1.74. The Hall–Kier alpha value is -4.16. The Morgan fingerprint density at radius 3 is 2.60 bits per heavy atom. The van der Waals surface area contributed by atoms with E-state index in [4.69, 9.17) is 14.5 Å². The van der Waals surface area contributed by atoms with Crippen LogP contribution in [-0.2, 0) is 16.5 Å². The maximum atomic E-state index is 13.6. The van der Waals surface area contributed by atoms with Crippen molar-refractivity contribution in [3.05, 3.63) is 63.4 Å². The molecule has 4 atom stereocenters. The first kappa shape index (κ1) is 28.9. The third kappa shape index (κ3) is 5.89. The highest BCUT2D eigenvalue weighted by atomic mass is 16.5.